The molecular weight excluding hydrogens is 490 g/mol. The Bertz CT molecular complexity index is 1250. The van der Waals surface area contributed by atoms with Gasteiger partial charge in [0.05, 0.1) is 6.04 Å². The number of benzene rings is 2. The van der Waals surface area contributed by atoms with Gasteiger partial charge in [-0.2, -0.15) is 11.8 Å². The fourth-order valence-corrected chi connectivity index (χ4v) is 6.49. The normalized spacial score (nSPS) is 17.6. The molecule has 1 aromatic heterocycles. The number of carbonyl (C=O) groups is 2. The van der Waals surface area contributed by atoms with E-state index < -0.39 is 0 Å². The van der Waals surface area contributed by atoms with Crippen molar-refractivity contribution in [3.05, 3.63) is 80.8 Å². The number of carbonyl (C=O) groups excluding carboxylic acids is 2. The lowest BCUT2D eigenvalue weighted by molar-refractivity contribution is -0.132. The predicted octanol–water partition coefficient (Wildman–Crippen LogP) is 5.10. The lowest BCUT2D eigenvalue weighted by atomic mass is 9.87. The van der Waals surface area contributed by atoms with Crippen LogP contribution in [0.25, 0.3) is 0 Å². The first kappa shape index (κ1) is 24.8. The molecule has 6 nitrogen and oxygen atoms in total. The highest BCUT2D eigenvalue weighted by Gasteiger charge is 2.32. The Labute approximate surface area is 220 Å². The van der Waals surface area contributed by atoms with E-state index in [0.717, 1.165) is 52.9 Å². The molecule has 0 radical (unpaired) electrons. The highest BCUT2D eigenvalue weighted by atomic mass is 32.2. The molecule has 0 N–H and O–H groups in total. The number of nitrogens with zero attached hydrogens (tertiary/aromatic N) is 3. The maximum Gasteiger partial charge on any atom is 0.273 e. The van der Waals surface area contributed by atoms with E-state index in [1.807, 2.05) is 39.9 Å². The molecule has 2 aliphatic rings. The van der Waals surface area contributed by atoms with Gasteiger partial charge >= 0.3 is 0 Å². The van der Waals surface area contributed by atoms with Gasteiger partial charge in [-0.25, -0.2) is 4.98 Å². The van der Waals surface area contributed by atoms with E-state index in [9.17, 15) is 9.59 Å². The topological polar surface area (TPSA) is 62.7 Å². The maximum absolute atomic E-state index is 12.9. The van der Waals surface area contributed by atoms with Crippen LogP contribution >= 0.6 is 23.1 Å². The molecule has 2 aromatic carbocycles. The number of aryl methyl sites for hydroxylation is 1. The molecule has 2 aliphatic heterocycles. The van der Waals surface area contributed by atoms with Crippen LogP contribution in [0.15, 0.2) is 47.8 Å². The van der Waals surface area contributed by atoms with Crippen molar-refractivity contribution in [2.24, 2.45) is 0 Å². The minimum Gasteiger partial charge on any atom is -0.486 e. The standard InChI is InChI=1S/C28H31N3O3S2/c1-3-26(32)31-10-9-20-7-8-22(16-23(20)27(31)21-6-4-5-19(2)15-21)34-17-25-29-24(18-36-25)28(33)30-11-13-35-14-12-30/h4-8,15-16,18,27H,3,9-14,17H2,1-2H3. The van der Waals surface area contributed by atoms with Crippen LogP contribution < -0.4 is 4.74 Å². The number of amides is 2. The van der Waals surface area contributed by atoms with Gasteiger partial charge in [-0.05, 0) is 42.2 Å². The Balaban J connectivity index is 1.35. The van der Waals surface area contributed by atoms with Gasteiger partial charge < -0.3 is 14.5 Å². The van der Waals surface area contributed by atoms with Gasteiger partial charge in [0.2, 0.25) is 5.91 Å². The average molecular weight is 522 g/mol. The van der Waals surface area contributed by atoms with Crippen molar-refractivity contribution in [2.45, 2.75) is 39.3 Å². The molecule has 36 heavy (non-hydrogen) atoms. The molecule has 0 bridgehead atoms. The van der Waals surface area contributed by atoms with Crippen molar-refractivity contribution in [1.29, 1.82) is 0 Å². The molecule has 3 aromatic rings. The molecule has 2 amide bonds. The first-order valence-corrected chi connectivity index (χ1v) is 14.5. The molecule has 1 unspecified atom stereocenters. The number of thiazole rings is 1. The van der Waals surface area contributed by atoms with Crippen molar-refractivity contribution < 1.29 is 14.3 Å². The number of ether oxygens (including phenoxy) is 1. The van der Waals surface area contributed by atoms with Crippen LogP contribution in [-0.4, -0.2) is 57.7 Å². The van der Waals surface area contributed by atoms with Crippen LogP contribution in [0.5, 0.6) is 5.75 Å². The molecule has 3 heterocycles. The Morgan fingerprint density at radius 1 is 1.11 bits per heavy atom. The zero-order valence-corrected chi connectivity index (χ0v) is 22.4. The molecule has 5 rings (SSSR count). The van der Waals surface area contributed by atoms with E-state index in [0.29, 0.717) is 25.3 Å². The van der Waals surface area contributed by atoms with Crippen LogP contribution in [-0.2, 0) is 17.8 Å². The summed E-state index contributed by atoms with van der Waals surface area (Å²) >= 11 is 3.34. The molecule has 0 saturated carbocycles. The maximum atomic E-state index is 12.9. The summed E-state index contributed by atoms with van der Waals surface area (Å²) in [5.74, 6) is 2.87. The number of aromatic nitrogens is 1. The van der Waals surface area contributed by atoms with Crippen LogP contribution in [0.1, 0.15) is 57.1 Å². The summed E-state index contributed by atoms with van der Waals surface area (Å²) in [5.41, 5.74) is 5.16. The van der Waals surface area contributed by atoms with Gasteiger partial charge in [-0.3, -0.25) is 9.59 Å². The Kier molecular flexibility index (Phi) is 7.62. The van der Waals surface area contributed by atoms with E-state index in [4.69, 9.17) is 4.74 Å². The van der Waals surface area contributed by atoms with Crippen molar-refractivity contribution in [1.82, 2.24) is 14.8 Å². The molecule has 8 heteroatoms. The summed E-state index contributed by atoms with van der Waals surface area (Å²) in [6.07, 6.45) is 1.31. The Morgan fingerprint density at radius 2 is 1.94 bits per heavy atom. The quantitative estimate of drug-likeness (QED) is 0.452. The molecule has 1 atom stereocenters. The summed E-state index contributed by atoms with van der Waals surface area (Å²) in [6, 6.07) is 14.5. The summed E-state index contributed by atoms with van der Waals surface area (Å²) < 4.78 is 6.14. The van der Waals surface area contributed by atoms with E-state index in [-0.39, 0.29) is 17.9 Å². The second-order valence-electron chi connectivity index (χ2n) is 9.19. The molecule has 188 valence electrons. The molecule has 0 aliphatic carbocycles. The van der Waals surface area contributed by atoms with E-state index in [1.165, 1.54) is 22.5 Å². The first-order chi connectivity index (χ1) is 17.5. The zero-order chi connectivity index (χ0) is 25.1. The summed E-state index contributed by atoms with van der Waals surface area (Å²) in [5, 5.41) is 2.61. The lowest BCUT2D eigenvalue weighted by Gasteiger charge is -2.38. The zero-order valence-electron chi connectivity index (χ0n) is 20.7. The largest absolute Gasteiger partial charge is 0.486 e. The van der Waals surface area contributed by atoms with Gasteiger partial charge in [-0.15, -0.1) is 11.3 Å². The third kappa shape index (κ3) is 5.30. The monoisotopic (exact) mass is 521 g/mol. The number of rotatable bonds is 6. The van der Waals surface area contributed by atoms with E-state index in [1.54, 1.807) is 0 Å². The van der Waals surface area contributed by atoms with Crippen LogP contribution in [0.3, 0.4) is 0 Å². The first-order valence-electron chi connectivity index (χ1n) is 12.5. The summed E-state index contributed by atoms with van der Waals surface area (Å²) in [7, 11) is 0. The highest BCUT2D eigenvalue weighted by Crippen LogP contribution is 2.38. The predicted molar refractivity (Wildman–Crippen MR) is 145 cm³/mol. The smallest absolute Gasteiger partial charge is 0.273 e. The van der Waals surface area contributed by atoms with Crippen molar-refractivity contribution in [2.75, 3.05) is 31.1 Å². The average Bonchev–Trinajstić information content (AvgIpc) is 3.40. The fourth-order valence-electron chi connectivity index (χ4n) is 4.90. The number of thioether (sulfide) groups is 1. The van der Waals surface area contributed by atoms with Gasteiger partial charge in [0, 0.05) is 42.9 Å². The summed E-state index contributed by atoms with van der Waals surface area (Å²) in [4.78, 5) is 34.0. The van der Waals surface area contributed by atoms with E-state index >= 15 is 0 Å². The Hall–Kier alpha value is -2.84. The minimum absolute atomic E-state index is 0.00765. The third-order valence-corrected chi connectivity index (χ3v) is 8.52. The van der Waals surface area contributed by atoms with E-state index in [2.05, 4.69) is 48.3 Å². The molecule has 0 spiro atoms. The number of fused-ring (bicyclic) bond motifs is 1. The van der Waals surface area contributed by atoms with Crippen molar-refractivity contribution >= 4 is 34.9 Å². The second kappa shape index (κ2) is 11.0. The number of hydrogen-bond acceptors (Lipinski definition) is 6. The SMILES string of the molecule is CCC(=O)N1CCc2ccc(OCc3nc(C(=O)N4CCSCC4)cs3)cc2C1c1cccc(C)c1. The van der Waals surface area contributed by atoms with Gasteiger partial charge in [0.1, 0.15) is 23.1 Å². The van der Waals surface area contributed by atoms with Crippen LogP contribution in [0, 0.1) is 6.92 Å². The molecule has 1 saturated heterocycles. The molecular formula is C28H31N3O3S2. The van der Waals surface area contributed by atoms with Crippen molar-refractivity contribution in [3.63, 3.8) is 0 Å². The highest BCUT2D eigenvalue weighted by molar-refractivity contribution is 7.99. The van der Waals surface area contributed by atoms with Gasteiger partial charge in [0.15, 0.2) is 0 Å². The van der Waals surface area contributed by atoms with Crippen molar-refractivity contribution in [3.8, 4) is 5.75 Å². The minimum atomic E-state index is -0.128. The third-order valence-electron chi connectivity index (χ3n) is 6.76. The van der Waals surface area contributed by atoms with Crippen LogP contribution in [0.2, 0.25) is 0 Å². The second-order valence-corrected chi connectivity index (χ2v) is 11.4. The summed E-state index contributed by atoms with van der Waals surface area (Å²) in [6.45, 7) is 6.57. The Morgan fingerprint density at radius 3 is 2.72 bits per heavy atom. The molecule has 1 fully saturated rings. The van der Waals surface area contributed by atoms with Gasteiger partial charge in [0.25, 0.3) is 5.91 Å². The number of hydrogen-bond donors (Lipinski definition) is 0. The van der Waals surface area contributed by atoms with Gasteiger partial charge in [-0.1, -0.05) is 42.8 Å². The fraction of sp³-hybridized carbons (Fsp3) is 0.393. The lowest BCUT2D eigenvalue weighted by Crippen LogP contribution is -2.40. The van der Waals surface area contributed by atoms with Crippen LogP contribution in [0.4, 0.5) is 0 Å².